The number of rotatable bonds is 0. The zero-order chi connectivity index (χ0) is 19.4. The molecule has 2 saturated carbocycles. The highest BCUT2D eigenvalue weighted by Crippen LogP contribution is 2.44. The highest BCUT2D eigenvalue weighted by atomic mass is 128. The lowest BCUT2D eigenvalue weighted by atomic mass is 9.81. The van der Waals surface area contributed by atoms with E-state index in [1.165, 1.54) is 18.4 Å². The number of allylic oxidation sites excluding steroid dienone is 1. The molecule has 27 heavy (non-hydrogen) atoms. The van der Waals surface area contributed by atoms with Crippen LogP contribution >= 0.6 is 61.2 Å². The third-order valence-corrected chi connectivity index (χ3v) is 6.72. The Labute approximate surface area is 203 Å². The molecular weight excluding hydrogens is 685 g/mol. The summed E-state index contributed by atoms with van der Waals surface area (Å²) in [6.45, 7) is 9.21. The first-order valence-electron chi connectivity index (χ1n) is 9.58. The SMILES string of the molecule is CC1=COC(=O)C2C(C)CCC12.CC1COC(=O)C2C(C)CCC12.I.II. The van der Waals surface area contributed by atoms with Crippen LogP contribution < -0.4 is 0 Å². The lowest BCUT2D eigenvalue weighted by Gasteiger charge is -2.31. The molecule has 2 heterocycles. The normalized spacial score (nSPS) is 39.0. The lowest BCUT2D eigenvalue weighted by molar-refractivity contribution is -0.160. The maximum absolute atomic E-state index is 11.4. The van der Waals surface area contributed by atoms with Gasteiger partial charge < -0.3 is 9.47 Å². The molecule has 7 atom stereocenters. The van der Waals surface area contributed by atoms with Crippen molar-refractivity contribution >= 4 is 73.1 Å². The number of fused-ring (bicyclic) bond motifs is 2. The Morgan fingerprint density at radius 2 is 1.48 bits per heavy atom. The van der Waals surface area contributed by atoms with Gasteiger partial charge in [-0.3, -0.25) is 9.59 Å². The Bertz CT molecular complexity index is 551. The van der Waals surface area contributed by atoms with Crippen molar-refractivity contribution < 1.29 is 19.1 Å². The minimum Gasteiger partial charge on any atom is -0.465 e. The van der Waals surface area contributed by atoms with Crippen molar-refractivity contribution in [3.8, 4) is 0 Å². The first kappa shape index (κ1) is 25.9. The fraction of sp³-hybridized carbons (Fsp3) is 0.800. The minimum absolute atomic E-state index is 0. The average molecular weight is 716 g/mol. The highest BCUT2D eigenvalue weighted by Gasteiger charge is 2.45. The van der Waals surface area contributed by atoms with Crippen molar-refractivity contribution in [2.75, 3.05) is 6.61 Å². The average Bonchev–Trinajstić information content (AvgIpc) is 3.22. The molecule has 7 unspecified atom stereocenters. The largest absolute Gasteiger partial charge is 0.465 e. The maximum atomic E-state index is 11.4. The standard InChI is InChI=1S/C10H16O2.C10H14O2.I2.HI/c2*1-6-3-4-8-7(2)5-12-10(11)9(6)8;1-2;/h6-9H,3-5H2,1-2H3;5-6,8-9H,3-4H2,1-2H3;;1H. The van der Waals surface area contributed by atoms with E-state index in [0.29, 0.717) is 36.2 Å². The predicted molar refractivity (Wildman–Crippen MR) is 134 cm³/mol. The Morgan fingerprint density at radius 1 is 0.889 bits per heavy atom. The molecule has 0 aromatic heterocycles. The molecule has 0 aromatic carbocycles. The van der Waals surface area contributed by atoms with Crippen LogP contribution in [0.15, 0.2) is 11.8 Å². The molecule has 0 amide bonds. The number of cyclic esters (lactones) is 2. The Balaban J connectivity index is 0.000000239. The van der Waals surface area contributed by atoms with Gasteiger partial charge in [0.05, 0.1) is 24.7 Å². The van der Waals surface area contributed by atoms with Crippen molar-refractivity contribution in [3.63, 3.8) is 0 Å². The van der Waals surface area contributed by atoms with Crippen LogP contribution in [0.25, 0.3) is 0 Å². The molecule has 2 aliphatic carbocycles. The van der Waals surface area contributed by atoms with Gasteiger partial charge in [0.1, 0.15) is 0 Å². The van der Waals surface area contributed by atoms with Crippen LogP contribution in [0.1, 0.15) is 53.4 Å². The van der Waals surface area contributed by atoms with Gasteiger partial charge in [-0.15, -0.1) is 24.0 Å². The summed E-state index contributed by atoms with van der Waals surface area (Å²) in [4.78, 5) is 22.8. The molecule has 4 rings (SSSR count). The van der Waals surface area contributed by atoms with Gasteiger partial charge in [-0.25, -0.2) is 0 Å². The fourth-order valence-corrected chi connectivity index (χ4v) is 5.14. The maximum Gasteiger partial charge on any atom is 0.314 e. The first-order valence-corrected chi connectivity index (χ1v) is 15.9. The number of hydrogen-bond donors (Lipinski definition) is 0. The van der Waals surface area contributed by atoms with Gasteiger partial charge in [0.25, 0.3) is 0 Å². The van der Waals surface area contributed by atoms with E-state index in [1.54, 1.807) is 6.26 Å². The Kier molecular flexibility index (Phi) is 11.4. The van der Waals surface area contributed by atoms with E-state index in [2.05, 4.69) is 64.9 Å². The summed E-state index contributed by atoms with van der Waals surface area (Å²) in [5.41, 5.74) is 1.24. The molecule has 1 saturated heterocycles. The van der Waals surface area contributed by atoms with Crippen molar-refractivity contribution in [1.29, 1.82) is 0 Å². The van der Waals surface area contributed by atoms with Crippen molar-refractivity contribution in [2.45, 2.75) is 53.4 Å². The number of ether oxygens (including phenoxy) is 2. The fourth-order valence-electron chi connectivity index (χ4n) is 5.14. The molecule has 4 aliphatic rings. The van der Waals surface area contributed by atoms with Gasteiger partial charge in [0.2, 0.25) is 0 Å². The topological polar surface area (TPSA) is 52.6 Å². The summed E-state index contributed by atoms with van der Waals surface area (Å²) in [5.74, 6) is 3.12. The molecule has 3 fully saturated rings. The molecule has 7 heteroatoms. The monoisotopic (exact) mass is 716 g/mol. The van der Waals surface area contributed by atoms with E-state index in [-0.39, 0.29) is 47.8 Å². The van der Waals surface area contributed by atoms with E-state index < -0.39 is 0 Å². The van der Waals surface area contributed by atoms with Crippen molar-refractivity contribution in [3.05, 3.63) is 11.8 Å². The quantitative estimate of drug-likeness (QED) is 0.217. The number of hydrogen-bond acceptors (Lipinski definition) is 4. The molecule has 0 spiro atoms. The third kappa shape index (κ3) is 5.95. The van der Waals surface area contributed by atoms with E-state index in [1.807, 2.05) is 0 Å². The van der Waals surface area contributed by atoms with Gasteiger partial charge in [-0.2, -0.15) is 0 Å². The van der Waals surface area contributed by atoms with E-state index in [0.717, 1.165) is 12.8 Å². The van der Waals surface area contributed by atoms with E-state index in [9.17, 15) is 9.59 Å². The molecular formula is C20H31I3O4. The second kappa shape index (κ2) is 11.9. The number of carbonyl (C=O) groups is 2. The van der Waals surface area contributed by atoms with E-state index >= 15 is 0 Å². The zero-order valence-electron chi connectivity index (χ0n) is 16.5. The smallest absolute Gasteiger partial charge is 0.314 e. The van der Waals surface area contributed by atoms with Gasteiger partial charge in [-0.1, -0.05) is 20.8 Å². The molecule has 4 nitrogen and oxygen atoms in total. The summed E-state index contributed by atoms with van der Waals surface area (Å²) in [7, 11) is 0. The van der Waals surface area contributed by atoms with Crippen LogP contribution in [0.2, 0.25) is 0 Å². The summed E-state index contributed by atoms with van der Waals surface area (Å²) < 4.78 is 10.1. The summed E-state index contributed by atoms with van der Waals surface area (Å²) in [6.07, 6.45) is 6.37. The van der Waals surface area contributed by atoms with Crippen LogP contribution in [-0.4, -0.2) is 18.5 Å². The molecule has 0 bridgehead atoms. The molecule has 0 N–H and O–H groups in total. The van der Waals surface area contributed by atoms with Crippen LogP contribution in [-0.2, 0) is 19.1 Å². The van der Waals surface area contributed by atoms with Crippen LogP contribution in [0.5, 0.6) is 0 Å². The molecule has 0 aromatic rings. The second-order valence-corrected chi connectivity index (χ2v) is 8.34. The van der Waals surface area contributed by atoms with Crippen molar-refractivity contribution in [2.24, 2.45) is 41.4 Å². The number of carbonyl (C=O) groups excluding carboxylic acids is 2. The summed E-state index contributed by atoms with van der Waals surface area (Å²) >= 11 is 4.24. The minimum atomic E-state index is -0.0180. The molecule has 156 valence electrons. The highest BCUT2D eigenvalue weighted by molar-refractivity contribution is 15.0. The van der Waals surface area contributed by atoms with E-state index in [4.69, 9.17) is 9.47 Å². The number of halogens is 3. The first-order chi connectivity index (χ1) is 12.4. The van der Waals surface area contributed by atoms with Crippen LogP contribution in [0, 0.1) is 41.4 Å². The lowest BCUT2D eigenvalue weighted by Crippen LogP contribution is -2.37. The van der Waals surface area contributed by atoms with Crippen molar-refractivity contribution in [1.82, 2.24) is 0 Å². The summed E-state index contributed by atoms with van der Waals surface area (Å²) in [5, 5.41) is 0. The Hall–Kier alpha value is 0.870. The molecule has 0 radical (unpaired) electrons. The van der Waals surface area contributed by atoms with Crippen LogP contribution in [0.3, 0.4) is 0 Å². The number of esters is 2. The summed E-state index contributed by atoms with van der Waals surface area (Å²) in [6, 6.07) is 0. The Morgan fingerprint density at radius 3 is 2.07 bits per heavy atom. The zero-order valence-corrected chi connectivity index (χ0v) is 23.1. The van der Waals surface area contributed by atoms with Gasteiger partial charge >= 0.3 is 11.9 Å². The third-order valence-electron chi connectivity index (χ3n) is 6.72. The van der Waals surface area contributed by atoms with Gasteiger partial charge in [0, 0.05) is 37.2 Å². The van der Waals surface area contributed by atoms with Crippen LogP contribution in [0.4, 0.5) is 0 Å². The molecule has 2 aliphatic heterocycles. The predicted octanol–water partition coefficient (Wildman–Crippen LogP) is 6.34. The van der Waals surface area contributed by atoms with Gasteiger partial charge in [-0.05, 0) is 67.8 Å². The van der Waals surface area contributed by atoms with Gasteiger partial charge in [0.15, 0.2) is 0 Å². The second-order valence-electron chi connectivity index (χ2n) is 8.34.